The summed E-state index contributed by atoms with van der Waals surface area (Å²) in [7, 11) is -2.63. The van der Waals surface area contributed by atoms with Crippen LogP contribution in [0.25, 0.3) is 0 Å². The number of carbonyl (C=O) groups is 2. The van der Waals surface area contributed by atoms with Crippen LogP contribution in [0.1, 0.15) is 23.6 Å². The van der Waals surface area contributed by atoms with Crippen molar-refractivity contribution in [1.29, 1.82) is 0 Å². The van der Waals surface area contributed by atoms with E-state index in [0.29, 0.717) is 21.3 Å². The molecule has 0 fully saturated rings. The number of hydrogen-bond donors (Lipinski definition) is 1. The van der Waals surface area contributed by atoms with E-state index in [0.717, 1.165) is 15.4 Å². The van der Waals surface area contributed by atoms with Crippen LogP contribution in [0.3, 0.4) is 0 Å². The molecule has 0 saturated carbocycles. The fraction of sp³-hybridized carbons (Fsp3) is 0.259. The number of rotatable bonds is 9. The second-order valence-corrected chi connectivity index (χ2v) is 11.3. The second kappa shape index (κ2) is 12.0. The van der Waals surface area contributed by atoms with Gasteiger partial charge in [0.2, 0.25) is 11.8 Å². The average molecular weight is 563 g/mol. The molecule has 0 aromatic heterocycles. The first-order valence-corrected chi connectivity index (χ1v) is 13.7. The Hall–Kier alpha value is -3.07. The molecule has 1 N–H and O–H groups in total. The SMILES string of the molecule is CNC(=O)C(C)N(Cc1ccc(Cl)c(Cl)c1)C(=O)CN(c1ccc(C)c(C)c1)S(=O)(=O)c1ccccc1. The maximum atomic E-state index is 13.8. The van der Waals surface area contributed by atoms with Gasteiger partial charge in [0, 0.05) is 13.6 Å². The highest BCUT2D eigenvalue weighted by molar-refractivity contribution is 7.92. The lowest BCUT2D eigenvalue weighted by molar-refractivity contribution is -0.139. The van der Waals surface area contributed by atoms with E-state index in [2.05, 4.69) is 5.32 Å². The number of likely N-dealkylation sites (N-methyl/N-ethyl adjacent to an activating group) is 1. The molecule has 0 aliphatic rings. The second-order valence-electron chi connectivity index (χ2n) is 8.65. The van der Waals surface area contributed by atoms with Crippen molar-refractivity contribution in [3.8, 4) is 0 Å². The molecule has 1 atom stereocenters. The number of halogens is 2. The molecule has 10 heteroatoms. The van der Waals surface area contributed by atoms with Gasteiger partial charge in [0.1, 0.15) is 12.6 Å². The molecule has 0 radical (unpaired) electrons. The van der Waals surface area contributed by atoms with E-state index >= 15 is 0 Å². The summed E-state index contributed by atoms with van der Waals surface area (Å²) >= 11 is 12.2. The van der Waals surface area contributed by atoms with Gasteiger partial charge in [-0.05, 0) is 73.9 Å². The molecule has 2 amide bonds. The summed E-state index contributed by atoms with van der Waals surface area (Å²) in [6, 6.07) is 17.2. The molecule has 0 heterocycles. The number of nitrogens with one attached hydrogen (secondary N) is 1. The predicted molar refractivity (Wildman–Crippen MR) is 147 cm³/mol. The molecule has 7 nitrogen and oxygen atoms in total. The predicted octanol–water partition coefficient (Wildman–Crippen LogP) is 4.97. The molecular formula is C27H29Cl2N3O4S. The lowest BCUT2D eigenvalue weighted by Crippen LogP contribution is -2.50. The zero-order valence-corrected chi connectivity index (χ0v) is 23.4. The maximum Gasteiger partial charge on any atom is 0.264 e. The van der Waals surface area contributed by atoms with Gasteiger partial charge in [-0.25, -0.2) is 8.42 Å². The molecule has 37 heavy (non-hydrogen) atoms. The molecule has 0 aliphatic heterocycles. The van der Waals surface area contributed by atoms with Crippen LogP contribution in [-0.2, 0) is 26.2 Å². The topological polar surface area (TPSA) is 86.8 Å². The van der Waals surface area contributed by atoms with Gasteiger partial charge in [-0.15, -0.1) is 0 Å². The molecule has 0 spiro atoms. The smallest absolute Gasteiger partial charge is 0.264 e. The number of nitrogens with zero attached hydrogens (tertiary/aromatic N) is 2. The molecule has 3 rings (SSSR count). The van der Waals surface area contributed by atoms with E-state index in [-0.39, 0.29) is 11.4 Å². The summed E-state index contributed by atoms with van der Waals surface area (Å²) < 4.78 is 28.5. The van der Waals surface area contributed by atoms with Crippen molar-refractivity contribution in [2.45, 2.75) is 38.3 Å². The number of amides is 2. The van der Waals surface area contributed by atoms with Crippen LogP contribution in [-0.4, -0.2) is 44.8 Å². The first kappa shape index (κ1) is 28.5. The highest BCUT2D eigenvalue weighted by Crippen LogP contribution is 2.27. The zero-order chi connectivity index (χ0) is 27.3. The van der Waals surface area contributed by atoms with E-state index < -0.39 is 34.4 Å². The van der Waals surface area contributed by atoms with Crippen LogP contribution in [0.2, 0.25) is 10.0 Å². The Labute approximate surface area is 228 Å². The van der Waals surface area contributed by atoms with Crippen molar-refractivity contribution in [1.82, 2.24) is 10.2 Å². The van der Waals surface area contributed by atoms with Gasteiger partial charge in [-0.2, -0.15) is 0 Å². The molecule has 0 saturated heterocycles. The third-order valence-electron chi connectivity index (χ3n) is 6.14. The Kier molecular flexibility index (Phi) is 9.23. The Morgan fingerprint density at radius 2 is 1.59 bits per heavy atom. The normalized spacial score (nSPS) is 12.1. The summed E-state index contributed by atoms with van der Waals surface area (Å²) in [4.78, 5) is 27.7. The minimum absolute atomic E-state index is 0.0243. The summed E-state index contributed by atoms with van der Waals surface area (Å²) in [5.74, 6) is -0.947. The van der Waals surface area contributed by atoms with Crippen molar-refractivity contribution >= 4 is 50.7 Å². The van der Waals surface area contributed by atoms with Gasteiger partial charge < -0.3 is 10.2 Å². The highest BCUT2D eigenvalue weighted by Gasteiger charge is 2.32. The van der Waals surface area contributed by atoms with Gasteiger partial charge in [0.25, 0.3) is 10.0 Å². The van der Waals surface area contributed by atoms with Crippen LogP contribution in [0, 0.1) is 13.8 Å². The van der Waals surface area contributed by atoms with Crippen molar-refractivity contribution < 1.29 is 18.0 Å². The lowest BCUT2D eigenvalue weighted by atomic mass is 10.1. The van der Waals surface area contributed by atoms with Gasteiger partial charge in [0.15, 0.2) is 0 Å². The number of sulfonamides is 1. The monoisotopic (exact) mass is 561 g/mol. The molecule has 0 bridgehead atoms. The molecule has 196 valence electrons. The lowest BCUT2D eigenvalue weighted by Gasteiger charge is -2.32. The first-order valence-electron chi connectivity index (χ1n) is 11.6. The minimum atomic E-state index is -4.10. The van der Waals surface area contributed by atoms with Crippen molar-refractivity contribution in [2.24, 2.45) is 0 Å². The highest BCUT2D eigenvalue weighted by atomic mass is 35.5. The van der Waals surface area contributed by atoms with Gasteiger partial charge in [-0.1, -0.05) is 53.5 Å². The number of hydrogen-bond acceptors (Lipinski definition) is 4. The minimum Gasteiger partial charge on any atom is -0.357 e. The fourth-order valence-corrected chi connectivity index (χ4v) is 5.50. The quantitative estimate of drug-likeness (QED) is 0.399. The average Bonchev–Trinajstić information content (AvgIpc) is 2.89. The standard InChI is InChI=1S/C27H29Cl2N3O4S/c1-18-10-12-22(14-19(18)2)32(37(35,36)23-8-6-5-7-9-23)17-26(33)31(20(3)27(34)30-4)16-21-11-13-24(28)25(29)15-21/h5-15,20H,16-17H2,1-4H3,(H,30,34). The van der Waals surface area contributed by atoms with E-state index in [4.69, 9.17) is 23.2 Å². The van der Waals surface area contributed by atoms with Crippen LogP contribution < -0.4 is 9.62 Å². The Morgan fingerprint density at radius 3 is 2.19 bits per heavy atom. The van der Waals surface area contributed by atoms with Gasteiger partial charge >= 0.3 is 0 Å². The molecule has 1 unspecified atom stereocenters. The van der Waals surface area contributed by atoms with E-state index in [1.54, 1.807) is 55.5 Å². The third kappa shape index (κ3) is 6.63. The fourth-order valence-electron chi connectivity index (χ4n) is 3.76. The maximum absolute atomic E-state index is 13.8. The van der Waals surface area contributed by atoms with Crippen molar-refractivity contribution in [3.63, 3.8) is 0 Å². The van der Waals surface area contributed by atoms with E-state index in [1.165, 1.54) is 24.1 Å². The Morgan fingerprint density at radius 1 is 0.919 bits per heavy atom. The Balaban J connectivity index is 2.05. The number of aryl methyl sites for hydroxylation is 2. The number of benzene rings is 3. The van der Waals surface area contributed by atoms with Gasteiger partial charge in [-0.3, -0.25) is 13.9 Å². The van der Waals surface area contributed by atoms with E-state index in [1.807, 2.05) is 19.9 Å². The molecular weight excluding hydrogens is 533 g/mol. The van der Waals surface area contributed by atoms with Gasteiger partial charge in [0.05, 0.1) is 20.6 Å². The van der Waals surface area contributed by atoms with Crippen LogP contribution in [0.15, 0.2) is 71.6 Å². The summed E-state index contributed by atoms with van der Waals surface area (Å²) in [5.41, 5.74) is 2.86. The summed E-state index contributed by atoms with van der Waals surface area (Å²) in [6.45, 7) is 4.89. The third-order valence-corrected chi connectivity index (χ3v) is 8.67. The van der Waals surface area contributed by atoms with Crippen LogP contribution >= 0.6 is 23.2 Å². The first-order chi connectivity index (χ1) is 17.4. The molecule has 0 aliphatic carbocycles. The van der Waals surface area contributed by atoms with Crippen LogP contribution in [0.5, 0.6) is 0 Å². The van der Waals surface area contributed by atoms with Crippen LogP contribution in [0.4, 0.5) is 5.69 Å². The summed E-state index contributed by atoms with van der Waals surface area (Å²) in [6.07, 6.45) is 0. The largest absolute Gasteiger partial charge is 0.357 e. The summed E-state index contributed by atoms with van der Waals surface area (Å²) in [5, 5.41) is 3.22. The Bertz CT molecular complexity index is 1400. The number of carbonyl (C=O) groups excluding carboxylic acids is 2. The zero-order valence-electron chi connectivity index (χ0n) is 21.0. The molecule has 3 aromatic rings. The van der Waals surface area contributed by atoms with Crippen molar-refractivity contribution in [3.05, 3.63) is 93.5 Å². The molecule has 3 aromatic carbocycles. The van der Waals surface area contributed by atoms with Crippen molar-refractivity contribution in [2.75, 3.05) is 17.9 Å². The van der Waals surface area contributed by atoms with E-state index in [9.17, 15) is 18.0 Å². The number of anilines is 1.